The fraction of sp³-hybridized carbons (Fsp3) is 0.235. The average molecular weight is 270 g/mol. The van der Waals surface area contributed by atoms with Gasteiger partial charge in [-0.1, -0.05) is 54.6 Å². The summed E-state index contributed by atoms with van der Waals surface area (Å²) < 4.78 is 0. The molecule has 0 aromatic heterocycles. The van der Waals surface area contributed by atoms with Gasteiger partial charge in [-0.15, -0.1) is 0 Å². The maximum absolute atomic E-state index is 11.9. The zero-order chi connectivity index (χ0) is 14.8. The largest absolute Gasteiger partial charge is 0.384 e. The average Bonchev–Trinajstić information content (AvgIpc) is 2.46. The normalized spacial score (nSPS) is 13.0. The molecule has 0 radical (unpaired) electrons. The topological polar surface area (TPSA) is 57.5 Å². The molecule has 20 heavy (non-hydrogen) atoms. The Hall–Kier alpha value is -1.97. The second-order valence-corrected chi connectivity index (χ2v) is 5.32. The summed E-state index contributed by atoms with van der Waals surface area (Å²) >= 11 is 0. The first-order valence-corrected chi connectivity index (χ1v) is 6.50. The zero-order valence-corrected chi connectivity index (χ0v) is 11.6. The minimum Gasteiger partial charge on any atom is -0.384 e. The molecule has 104 valence electrons. The molecule has 0 bridgehead atoms. The van der Waals surface area contributed by atoms with E-state index in [4.69, 9.17) is 0 Å². The van der Waals surface area contributed by atoms with Crippen LogP contribution in [0.25, 0.3) is 0 Å². The number of Topliss-reactive ketones (excluding diaryl/α,β-unsaturated/α-hetero) is 1. The van der Waals surface area contributed by atoms with Crippen molar-refractivity contribution in [2.45, 2.75) is 25.6 Å². The predicted molar refractivity (Wildman–Crippen MR) is 77.6 cm³/mol. The van der Waals surface area contributed by atoms with Gasteiger partial charge in [-0.05, 0) is 25.0 Å². The van der Waals surface area contributed by atoms with Crippen LogP contribution in [-0.4, -0.2) is 21.6 Å². The summed E-state index contributed by atoms with van der Waals surface area (Å²) in [5.74, 6) is -0.335. The number of carbonyl (C=O) groups is 1. The molecule has 0 fully saturated rings. The molecule has 0 aliphatic heterocycles. The first-order valence-electron chi connectivity index (χ1n) is 6.50. The SMILES string of the molecule is CC(C)(O)C(=O)c1ccc(C(O)c2ccccc2)cc1. The van der Waals surface area contributed by atoms with Crippen molar-refractivity contribution in [2.24, 2.45) is 0 Å². The molecular weight excluding hydrogens is 252 g/mol. The summed E-state index contributed by atoms with van der Waals surface area (Å²) in [6.07, 6.45) is -0.720. The van der Waals surface area contributed by atoms with Gasteiger partial charge in [-0.2, -0.15) is 0 Å². The van der Waals surface area contributed by atoms with Gasteiger partial charge >= 0.3 is 0 Å². The molecular formula is C17H18O3. The first-order chi connectivity index (χ1) is 9.39. The lowest BCUT2D eigenvalue weighted by atomic mass is 9.94. The molecule has 2 rings (SSSR count). The Morgan fingerprint density at radius 3 is 1.95 bits per heavy atom. The highest BCUT2D eigenvalue weighted by molar-refractivity contribution is 6.01. The van der Waals surface area contributed by atoms with Crippen molar-refractivity contribution in [1.82, 2.24) is 0 Å². The standard InChI is InChI=1S/C17H18O3/c1-17(2,20)16(19)14-10-8-13(9-11-14)15(18)12-6-4-3-5-7-12/h3-11,15,18,20H,1-2H3. The Kier molecular flexibility index (Phi) is 4.02. The molecule has 3 nitrogen and oxygen atoms in total. The van der Waals surface area contributed by atoms with Gasteiger partial charge in [-0.25, -0.2) is 0 Å². The number of ketones is 1. The third-order valence-corrected chi connectivity index (χ3v) is 3.16. The van der Waals surface area contributed by atoms with Crippen molar-refractivity contribution in [2.75, 3.05) is 0 Å². The maximum Gasteiger partial charge on any atom is 0.193 e. The second-order valence-electron chi connectivity index (χ2n) is 5.32. The number of aliphatic hydroxyl groups is 2. The molecule has 1 atom stereocenters. The minimum atomic E-state index is -1.39. The van der Waals surface area contributed by atoms with Crippen LogP contribution in [0, 0.1) is 0 Å². The Labute approximate surface area is 118 Å². The van der Waals surface area contributed by atoms with E-state index in [-0.39, 0.29) is 5.78 Å². The fourth-order valence-corrected chi connectivity index (χ4v) is 2.00. The van der Waals surface area contributed by atoms with Gasteiger partial charge in [0.1, 0.15) is 11.7 Å². The van der Waals surface area contributed by atoms with E-state index in [1.54, 1.807) is 24.3 Å². The van der Waals surface area contributed by atoms with E-state index in [2.05, 4.69) is 0 Å². The third kappa shape index (κ3) is 3.13. The molecule has 0 saturated heterocycles. The number of hydrogen-bond acceptors (Lipinski definition) is 3. The molecule has 0 aliphatic carbocycles. The number of aliphatic hydroxyl groups excluding tert-OH is 1. The summed E-state index contributed by atoms with van der Waals surface area (Å²) in [7, 11) is 0. The summed E-state index contributed by atoms with van der Waals surface area (Å²) in [4.78, 5) is 11.9. The van der Waals surface area contributed by atoms with Crippen LogP contribution in [0.15, 0.2) is 54.6 Å². The molecule has 0 aliphatic rings. The molecule has 3 heteroatoms. The highest BCUT2D eigenvalue weighted by Gasteiger charge is 2.25. The highest BCUT2D eigenvalue weighted by atomic mass is 16.3. The molecule has 2 N–H and O–H groups in total. The zero-order valence-electron chi connectivity index (χ0n) is 11.6. The highest BCUT2D eigenvalue weighted by Crippen LogP contribution is 2.22. The molecule has 0 saturated carbocycles. The van der Waals surface area contributed by atoms with Crippen molar-refractivity contribution in [1.29, 1.82) is 0 Å². The Morgan fingerprint density at radius 2 is 1.45 bits per heavy atom. The van der Waals surface area contributed by atoms with Crippen molar-refractivity contribution >= 4 is 5.78 Å². The molecule has 2 aromatic carbocycles. The number of benzene rings is 2. The molecule has 2 aromatic rings. The van der Waals surface area contributed by atoms with E-state index in [9.17, 15) is 15.0 Å². The second kappa shape index (κ2) is 5.57. The number of hydrogen-bond donors (Lipinski definition) is 2. The fourth-order valence-electron chi connectivity index (χ4n) is 2.00. The number of rotatable bonds is 4. The van der Waals surface area contributed by atoms with Crippen LogP contribution < -0.4 is 0 Å². The van der Waals surface area contributed by atoms with E-state index < -0.39 is 11.7 Å². The van der Waals surface area contributed by atoms with Crippen LogP contribution in [0.4, 0.5) is 0 Å². The maximum atomic E-state index is 11.9. The van der Waals surface area contributed by atoms with Gasteiger partial charge in [0.05, 0.1) is 0 Å². The molecule has 0 heterocycles. The summed E-state index contributed by atoms with van der Waals surface area (Å²) in [6.45, 7) is 2.92. The Morgan fingerprint density at radius 1 is 0.950 bits per heavy atom. The van der Waals surface area contributed by atoms with Gasteiger partial charge in [-0.3, -0.25) is 4.79 Å². The summed E-state index contributed by atoms with van der Waals surface area (Å²) in [6, 6.07) is 16.0. The molecule has 0 spiro atoms. The lowest BCUT2D eigenvalue weighted by molar-refractivity contribution is 0.0488. The van der Waals surface area contributed by atoms with Gasteiger partial charge in [0.2, 0.25) is 0 Å². The Bertz CT molecular complexity index is 580. The first kappa shape index (κ1) is 14.4. The predicted octanol–water partition coefficient (Wildman–Crippen LogP) is 2.72. The van der Waals surface area contributed by atoms with Crippen molar-refractivity contribution in [3.8, 4) is 0 Å². The smallest absolute Gasteiger partial charge is 0.193 e. The summed E-state index contributed by atoms with van der Waals surface area (Å²) in [5.41, 5.74) is 0.554. The van der Waals surface area contributed by atoms with E-state index in [0.29, 0.717) is 11.1 Å². The number of carbonyl (C=O) groups excluding carboxylic acids is 1. The van der Waals surface area contributed by atoms with Gasteiger partial charge in [0.25, 0.3) is 0 Å². The third-order valence-electron chi connectivity index (χ3n) is 3.16. The van der Waals surface area contributed by atoms with Gasteiger partial charge in [0, 0.05) is 5.56 Å². The van der Waals surface area contributed by atoms with Crippen LogP contribution in [0.2, 0.25) is 0 Å². The lowest BCUT2D eigenvalue weighted by Crippen LogP contribution is -2.31. The van der Waals surface area contributed by atoms with Gasteiger partial charge in [0.15, 0.2) is 5.78 Å². The van der Waals surface area contributed by atoms with Crippen LogP contribution in [0.1, 0.15) is 41.4 Å². The van der Waals surface area contributed by atoms with E-state index in [1.165, 1.54) is 13.8 Å². The summed E-state index contributed by atoms with van der Waals surface area (Å²) in [5, 5.41) is 19.9. The van der Waals surface area contributed by atoms with E-state index in [1.807, 2.05) is 30.3 Å². The van der Waals surface area contributed by atoms with E-state index in [0.717, 1.165) is 5.56 Å². The molecule has 0 amide bonds. The quantitative estimate of drug-likeness (QED) is 0.840. The van der Waals surface area contributed by atoms with Crippen LogP contribution in [0.5, 0.6) is 0 Å². The van der Waals surface area contributed by atoms with Crippen molar-refractivity contribution in [3.63, 3.8) is 0 Å². The van der Waals surface area contributed by atoms with Gasteiger partial charge < -0.3 is 10.2 Å². The lowest BCUT2D eigenvalue weighted by Gasteiger charge is -2.16. The monoisotopic (exact) mass is 270 g/mol. The Balaban J connectivity index is 2.23. The van der Waals surface area contributed by atoms with Crippen LogP contribution in [0.3, 0.4) is 0 Å². The molecule has 1 unspecified atom stereocenters. The van der Waals surface area contributed by atoms with Crippen LogP contribution >= 0.6 is 0 Å². The van der Waals surface area contributed by atoms with Crippen molar-refractivity contribution < 1.29 is 15.0 Å². The minimum absolute atomic E-state index is 0.335. The van der Waals surface area contributed by atoms with E-state index >= 15 is 0 Å². The van der Waals surface area contributed by atoms with Crippen LogP contribution in [-0.2, 0) is 0 Å². The van der Waals surface area contributed by atoms with Crippen molar-refractivity contribution in [3.05, 3.63) is 71.3 Å².